The third kappa shape index (κ3) is 4.54. The Bertz CT molecular complexity index is 1230. The molecule has 0 aliphatic rings. The van der Waals surface area contributed by atoms with Gasteiger partial charge >= 0.3 is 0 Å². The maximum Gasteiger partial charge on any atom is 0.234 e. The molecule has 0 radical (unpaired) electrons. The summed E-state index contributed by atoms with van der Waals surface area (Å²) in [6.45, 7) is 4.08. The Hall–Kier alpha value is -3.39. The van der Waals surface area contributed by atoms with Crippen LogP contribution in [0.15, 0.2) is 59.9 Å². The molecule has 4 rings (SSSR count). The van der Waals surface area contributed by atoms with E-state index in [-0.39, 0.29) is 11.7 Å². The molecule has 0 bridgehead atoms. The zero-order valence-corrected chi connectivity index (χ0v) is 18.8. The van der Waals surface area contributed by atoms with E-state index in [1.807, 2.05) is 87.2 Å². The van der Waals surface area contributed by atoms with Crippen molar-refractivity contribution in [3.05, 3.63) is 65.9 Å². The second kappa shape index (κ2) is 8.77. The highest BCUT2D eigenvalue weighted by atomic mass is 32.2. The maximum absolute atomic E-state index is 12.4. The molecule has 0 saturated carbocycles. The molecule has 0 spiro atoms. The van der Waals surface area contributed by atoms with E-state index in [4.69, 9.17) is 0 Å². The first-order chi connectivity index (χ1) is 14.9. The average Bonchev–Trinajstić information content (AvgIpc) is 3.32. The monoisotopic (exact) mass is 432 g/mol. The molecule has 0 aliphatic carbocycles. The van der Waals surface area contributed by atoms with Crippen LogP contribution in [0.25, 0.3) is 22.6 Å². The zero-order chi connectivity index (χ0) is 22.0. The molecule has 2 heterocycles. The van der Waals surface area contributed by atoms with Crippen LogP contribution < -0.4 is 5.32 Å². The van der Waals surface area contributed by atoms with Crippen LogP contribution in [0.4, 0.5) is 5.69 Å². The second-order valence-corrected chi connectivity index (χ2v) is 8.37. The number of benzene rings is 2. The van der Waals surface area contributed by atoms with Crippen molar-refractivity contribution >= 4 is 23.4 Å². The van der Waals surface area contributed by atoms with E-state index in [2.05, 4.69) is 20.6 Å². The molecule has 0 atom stereocenters. The number of anilines is 1. The van der Waals surface area contributed by atoms with E-state index in [1.54, 1.807) is 4.68 Å². The Kier molecular flexibility index (Phi) is 5.90. The Morgan fingerprint density at radius 1 is 1.03 bits per heavy atom. The lowest BCUT2D eigenvalue weighted by molar-refractivity contribution is -0.113. The van der Waals surface area contributed by atoms with Crippen LogP contribution >= 0.6 is 11.8 Å². The van der Waals surface area contributed by atoms with Gasteiger partial charge in [0.15, 0.2) is 11.0 Å². The van der Waals surface area contributed by atoms with Gasteiger partial charge < -0.3 is 9.88 Å². The number of carbonyl (C=O) groups excluding carboxylic acids is 1. The molecule has 0 fully saturated rings. The van der Waals surface area contributed by atoms with Crippen LogP contribution in [0.2, 0.25) is 0 Å². The number of nitrogens with zero attached hydrogens (tertiary/aromatic N) is 5. The number of aryl methyl sites for hydroxylation is 3. The SMILES string of the molecule is Cc1ccc(NC(=O)CSc2nnc(-c3cn(C)nc3-c3ccccc3)n2C)cc1C. The van der Waals surface area contributed by atoms with Gasteiger partial charge in [0.05, 0.1) is 11.3 Å². The highest BCUT2D eigenvalue weighted by molar-refractivity contribution is 7.99. The van der Waals surface area contributed by atoms with Gasteiger partial charge in [0.1, 0.15) is 5.69 Å². The topological polar surface area (TPSA) is 77.6 Å². The summed E-state index contributed by atoms with van der Waals surface area (Å²) in [6, 6.07) is 15.9. The molecule has 0 aliphatic heterocycles. The largest absolute Gasteiger partial charge is 0.325 e. The van der Waals surface area contributed by atoms with Crippen LogP contribution in [-0.4, -0.2) is 36.2 Å². The van der Waals surface area contributed by atoms with E-state index in [0.717, 1.165) is 28.1 Å². The minimum atomic E-state index is -0.0795. The summed E-state index contributed by atoms with van der Waals surface area (Å²) < 4.78 is 3.67. The van der Waals surface area contributed by atoms with Crippen molar-refractivity contribution in [3.8, 4) is 22.6 Å². The van der Waals surface area contributed by atoms with Crippen LogP contribution in [0.1, 0.15) is 11.1 Å². The molecule has 2 aromatic carbocycles. The molecule has 8 heteroatoms. The zero-order valence-electron chi connectivity index (χ0n) is 18.0. The van der Waals surface area contributed by atoms with Gasteiger partial charge in [0.2, 0.25) is 5.91 Å². The van der Waals surface area contributed by atoms with E-state index >= 15 is 0 Å². The molecule has 4 aromatic rings. The third-order valence-corrected chi connectivity index (χ3v) is 6.10. The molecule has 31 heavy (non-hydrogen) atoms. The normalized spacial score (nSPS) is 11.0. The molecular weight excluding hydrogens is 408 g/mol. The fraction of sp³-hybridized carbons (Fsp3) is 0.217. The first kappa shape index (κ1) is 20.9. The number of hydrogen-bond donors (Lipinski definition) is 1. The second-order valence-electron chi connectivity index (χ2n) is 7.43. The van der Waals surface area contributed by atoms with Gasteiger partial charge in [0.25, 0.3) is 0 Å². The molecule has 7 nitrogen and oxygen atoms in total. The van der Waals surface area contributed by atoms with Gasteiger partial charge in [-0.25, -0.2) is 0 Å². The summed E-state index contributed by atoms with van der Waals surface area (Å²) in [5.74, 6) is 0.880. The Morgan fingerprint density at radius 3 is 2.55 bits per heavy atom. The van der Waals surface area contributed by atoms with E-state index in [0.29, 0.717) is 11.0 Å². The lowest BCUT2D eigenvalue weighted by Crippen LogP contribution is -2.14. The van der Waals surface area contributed by atoms with Gasteiger partial charge in [0, 0.05) is 31.5 Å². The highest BCUT2D eigenvalue weighted by Crippen LogP contribution is 2.31. The van der Waals surface area contributed by atoms with Crippen LogP contribution in [0.3, 0.4) is 0 Å². The maximum atomic E-state index is 12.4. The summed E-state index contributed by atoms with van der Waals surface area (Å²) in [4.78, 5) is 12.4. The van der Waals surface area contributed by atoms with E-state index in [1.165, 1.54) is 17.3 Å². The predicted molar refractivity (Wildman–Crippen MR) is 124 cm³/mol. The van der Waals surface area contributed by atoms with Gasteiger partial charge in [-0.05, 0) is 37.1 Å². The summed E-state index contributed by atoms with van der Waals surface area (Å²) in [5.41, 5.74) is 5.91. The number of thioether (sulfide) groups is 1. The number of nitrogens with one attached hydrogen (secondary N) is 1. The lowest BCUT2D eigenvalue weighted by atomic mass is 10.1. The standard InChI is InChI=1S/C23H24N6OS/c1-15-10-11-18(12-16(15)2)24-20(30)14-31-23-26-25-22(29(23)4)19-13-28(3)27-21(19)17-8-6-5-7-9-17/h5-13H,14H2,1-4H3,(H,24,30). The number of carbonyl (C=O) groups is 1. The summed E-state index contributed by atoms with van der Waals surface area (Å²) >= 11 is 1.36. The summed E-state index contributed by atoms with van der Waals surface area (Å²) in [7, 11) is 3.79. The van der Waals surface area contributed by atoms with Gasteiger partial charge in [-0.1, -0.05) is 48.2 Å². The average molecular weight is 433 g/mol. The summed E-state index contributed by atoms with van der Waals surface area (Å²) in [6.07, 6.45) is 1.94. The summed E-state index contributed by atoms with van der Waals surface area (Å²) in [5, 5.41) is 16.9. The van der Waals surface area contributed by atoms with Crippen molar-refractivity contribution in [2.75, 3.05) is 11.1 Å². The highest BCUT2D eigenvalue weighted by Gasteiger charge is 2.19. The van der Waals surface area contributed by atoms with Crippen LogP contribution in [-0.2, 0) is 18.9 Å². The Balaban J connectivity index is 1.49. The molecule has 158 valence electrons. The Labute approximate surface area is 185 Å². The molecule has 1 N–H and O–H groups in total. The van der Waals surface area contributed by atoms with E-state index < -0.39 is 0 Å². The number of rotatable bonds is 6. The van der Waals surface area contributed by atoms with Crippen LogP contribution in [0.5, 0.6) is 0 Å². The van der Waals surface area contributed by atoms with Crippen molar-refractivity contribution in [3.63, 3.8) is 0 Å². The minimum absolute atomic E-state index is 0.0795. The van der Waals surface area contributed by atoms with Crippen molar-refractivity contribution < 1.29 is 4.79 Å². The predicted octanol–water partition coefficient (Wildman–Crippen LogP) is 4.23. The fourth-order valence-corrected chi connectivity index (χ4v) is 3.99. The molecular formula is C23H24N6OS. The molecule has 0 saturated heterocycles. The first-order valence-electron chi connectivity index (χ1n) is 9.91. The Morgan fingerprint density at radius 2 is 1.81 bits per heavy atom. The smallest absolute Gasteiger partial charge is 0.234 e. The number of amides is 1. The van der Waals surface area contributed by atoms with Crippen molar-refractivity contribution in [1.29, 1.82) is 0 Å². The number of aromatic nitrogens is 5. The van der Waals surface area contributed by atoms with Gasteiger partial charge in [-0.3, -0.25) is 9.48 Å². The number of hydrogen-bond acceptors (Lipinski definition) is 5. The van der Waals surface area contributed by atoms with Crippen molar-refractivity contribution in [1.82, 2.24) is 24.5 Å². The minimum Gasteiger partial charge on any atom is -0.325 e. The van der Waals surface area contributed by atoms with E-state index in [9.17, 15) is 4.79 Å². The molecule has 1 amide bonds. The van der Waals surface area contributed by atoms with Crippen molar-refractivity contribution in [2.45, 2.75) is 19.0 Å². The van der Waals surface area contributed by atoms with Crippen LogP contribution in [0, 0.1) is 13.8 Å². The molecule has 2 aromatic heterocycles. The third-order valence-electron chi connectivity index (χ3n) is 5.07. The quantitative estimate of drug-likeness (QED) is 0.461. The fourth-order valence-electron chi connectivity index (χ4n) is 3.28. The van der Waals surface area contributed by atoms with Gasteiger partial charge in [-0.15, -0.1) is 10.2 Å². The first-order valence-corrected chi connectivity index (χ1v) is 10.9. The van der Waals surface area contributed by atoms with Gasteiger partial charge in [-0.2, -0.15) is 5.10 Å². The van der Waals surface area contributed by atoms with Crippen molar-refractivity contribution in [2.24, 2.45) is 14.1 Å². The molecule has 0 unspecified atom stereocenters. The lowest BCUT2D eigenvalue weighted by Gasteiger charge is -2.08.